The van der Waals surface area contributed by atoms with Crippen LogP contribution in [0.15, 0.2) is 53.2 Å². The second-order valence-electron chi connectivity index (χ2n) is 7.68. The molecule has 1 aromatic carbocycles. The second kappa shape index (κ2) is 9.31. The van der Waals surface area contributed by atoms with Crippen LogP contribution in [0.3, 0.4) is 0 Å². The van der Waals surface area contributed by atoms with Gasteiger partial charge in [-0.05, 0) is 29.8 Å². The van der Waals surface area contributed by atoms with Gasteiger partial charge in [-0.15, -0.1) is 0 Å². The van der Waals surface area contributed by atoms with E-state index >= 15 is 0 Å². The number of hydrogen-bond donors (Lipinski definition) is 0. The first kappa shape index (κ1) is 21.1. The smallest absolute Gasteiger partial charge is 0.246 e. The van der Waals surface area contributed by atoms with Gasteiger partial charge in [0.05, 0.1) is 0 Å². The summed E-state index contributed by atoms with van der Waals surface area (Å²) in [6.07, 6.45) is 5.11. The van der Waals surface area contributed by atoms with E-state index in [0.717, 1.165) is 30.0 Å². The van der Waals surface area contributed by atoms with Crippen molar-refractivity contribution in [3.05, 3.63) is 65.1 Å². The molecule has 4 rings (SSSR count). The zero-order valence-electron chi connectivity index (χ0n) is 17.5. The number of benzene rings is 1. The van der Waals surface area contributed by atoms with Crippen LogP contribution >= 0.6 is 11.6 Å². The van der Waals surface area contributed by atoms with Crippen molar-refractivity contribution >= 4 is 29.4 Å². The quantitative estimate of drug-likeness (QED) is 0.555. The van der Waals surface area contributed by atoms with Crippen LogP contribution in [0.2, 0.25) is 5.02 Å². The molecule has 0 spiro atoms. The number of aromatic nitrogens is 3. The summed E-state index contributed by atoms with van der Waals surface area (Å²) in [4.78, 5) is 25.5. The first-order chi connectivity index (χ1) is 15.0. The van der Waals surface area contributed by atoms with Crippen LogP contribution in [0.4, 0.5) is 5.82 Å². The second-order valence-corrected chi connectivity index (χ2v) is 8.09. The molecule has 0 saturated carbocycles. The molecule has 0 atom stereocenters. The highest BCUT2D eigenvalue weighted by molar-refractivity contribution is 6.32. The molecule has 3 heterocycles. The average Bonchev–Trinajstić information content (AvgIpc) is 3.29. The third-order valence-corrected chi connectivity index (χ3v) is 5.51. The number of hydrogen-bond acceptors (Lipinski definition) is 6. The monoisotopic (exact) mass is 437 g/mol. The highest BCUT2D eigenvalue weighted by Gasteiger charge is 2.21. The molecule has 31 heavy (non-hydrogen) atoms. The normalized spacial score (nSPS) is 14.6. The van der Waals surface area contributed by atoms with Crippen LogP contribution in [0.1, 0.15) is 31.2 Å². The van der Waals surface area contributed by atoms with Gasteiger partial charge in [0.25, 0.3) is 0 Å². The van der Waals surface area contributed by atoms with Crippen LogP contribution in [-0.2, 0) is 4.79 Å². The molecule has 0 bridgehead atoms. The lowest BCUT2D eigenvalue weighted by atomic mass is 10.2. The first-order valence-electron chi connectivity index (χ1n) is 10.3. The topological polar surface area (TPSA) is 75.4 Å². The van der Waals surface area contributed by atoms with Gasteiger partial charge in [-0.1, -0.05) is 48.8 Å². The van der Waals surface area contributed by atoms with Gasteiger partial charge < -0.3 is 14.3 Å². The molecule has 1 aliphatic heterocycles. The summed E-state index contributed by atoms with van der Waals surface area (Å²) in [5.74, 6) is 2.20. The highest BCUT2D eigenvalue weighted by Crippen LogP contribution is 2.22. The lowest BCUT2D eigenvalue weighted by molar-refractivity contribution is -0.126. The van der Waals surface area contributed by atoms with E-state index in [4.69, 9.17) is 16.1 Å². The van der Waals surface area contributed by atoms with Crippen molar-refractivity contribution in [2.45, 2.75) is 19.8 Å². The van der Waals surface area contributed by atoms with Crippen molar-refractivity contribution < 1.29 is 9.32 Å². The van der Waals surface area contributed by atoms with E-state index in [1.165, 1.54) is 0 Å². The van der Waals surface area contributed by atoms with E-state index < -0.39 is 0 Å². The molecule has 160 valence electrons. The number of rotatable bonds is 5. The van der Waals surface area contributed by atoms with Gasteiger partial charge >= 0.3 is 0 Å². The van der Waals surface area contributed by atoms with Crippen molar-refractivity contribution in [3.8, 4) is 11.4 Å². The largest absolute Gasteiger partial charge is 0.353 e. The fourth-order valence-corrected chi connectivity index (χ4v) is 3.52. The third-order valence-electron chi connectivity index (χ3n) is 5.17. The molecule has 1 fully saturated rings. The van der Waals surface area contributed by atoms with Gasteiger partial charge in [0.15, 0.2) is 0 Å². The minimum atomic E-state index is -0.0130. The number of pyridine rings is 1. The average molecular weight is 438 g/mol. The van der Waals surface area contributed by atoms with Gasteiger partial charge in [-0.3, -0.25) is 4.79 Å². The van der Waals surface area contributed by atoms with Crippen molar-refractivity contribution in [1.82, 2.24) is 20.0 Å². The number of halogens is 1. The molecule has 1 aliphatic rings. The standard InChI is InChI=1S/C23H24ClN5O2/c1-16(2)23-26-22(27-31-23)18-7-9-20(25-15-18)28-11-13-29(14-12-28)21(30)10-8-17-5-3-4-6-19(17)24/h3-10,15-16H,11-14H2,1-2H3/b10-8+. The molecular formula is C23H24ClN5O2. The lowest BCUT2D eigenvalue weighted by Crippen LogP contribution is -2.48. The Morgan fingerprint density at radius 2 is 1.90 bits per heavy atom. The van der Waals surface area contributed by atoms with Gasteiger partial charge in [0, 0.05) is 55.0 Å². The summed E-state index contributed by atoms with van der Waals surface area (Å²) >= 11 is 6.14. The van der Waals surface area contributed by atoms with Crippen molar-refractivity contribution in [1.29, 1.82) is 0 Å². The lowest BCUT2D eigenvalue weighted by Gasteiger charge is -2.35. The molecule has 3 aromatic rings. The molecular weight excluding hydrogens is 414 g/mol. The summed E-state index contributed by atoms with van der Waals surface area (Å²) in [6.45, 7) is 6.73. The number of piperazine rings is 1. The van der Waals surface area contributed by atoms with Crippen molar-refractivity contribution in [2.75, 3.05) is 31.1 Å². The summed E-state index contributed by atoms with van der Waals surface area (Å²) in [5, 5.41) is 4.66. The van der Waals surface area contributed by atoms with Crippen LogP contribution < -0.4 is 4.90 Å². The Morgan fingerprint density at radius 3 is 2.55 bits per heavy atom. The fraction of sp³-hybridized carbons (Fsp3) is 0.304. The van der Waals surface area contributed by atoms with E-state index in [-0.39, 0.29) is 11.8 Å². The third kappa shape index (κ3) is 4.94. The van der Waals surface area contributed by atoms with Gasteiger partial charge in [0.1, 0.15) is 5.82 Å². The molecule has 7 nitrogen and oxygen atoms in total. The summed E-state index contributed by atoms with van der Waals surface area (Å²) < 4.78 is 5.27. The molecule has 0 N–H and O–H groups in total. The van der Waals surface area contributed by atoms with Gasteiger partial charge in [-0.2, -0.15) is 4.98 Å². The number of carbonyl (C=O) groups is 1. The van der Waals surface area contributed by atoms with Gasteiger partial charge in [-0.25, -0.2) is 4.98 Å². The molecule has 0 radical (unpaired) electrons. The summed E-state index contributed by atoms with van der Waals surface area (Å²) in [5.41, 5.74) is 1.65. The molecule has 0 unspecified atom stereocenters. The Labute approximate surface area is 186 Å². The Morgan fingerprint density at radius 1 is 1.13 bits per heavy atom. The Hall–Kier alpha value is -3.19. The number of carbonyl (C=O) groups excluding carboxylic acids is 1. The van der Waals surface area contributed by atoms with E-state index in [1.54, 1.807) is 18.3 Å². The van der Waals surface area contributed by atoms with Crippen LogP contribution in [0.5, 0.6) is 0 Å². The molecule has 1 amide bonds. The van der Waals surface area contributed by atoms with Gasteiger partial charge in [0.2, 0.25) is 17.6 Å². The van der Waals surface area contributed by atoms with E-state index in [9.17, 15) is 4.79 Å². The Bertz CT molecular complexity index is 1070. The summed E-state index contributed by atoms with van der Waals surface area (Å²) in [6, 6.07) is 11.4. The van der Waals surface area contributed by atoms with Crippen LogP contribution in [0.25, 0.3) is 17.5 Å². The van der Waals surface area contributed by atoms with E-state index in [0.29, 0.717) is 29.8 Å². The minimum Gasteiger partial charge on any atom is -0.353 e. The SMILES string of the molecule is CC(C)c1nc(-c2ccc(N3CCN(C(=O)/C=C/c4ccccc4Cl)CC3)nc2)no1. The number of nitrogens with zero attached hydrogens (tertiary/aromatic N) is 5. The zero-order valence-corrected chi connectivity index (χ0v) is 18.3. The highest BCUT2D eigenvalue weighted by atomic mass is 35.5. The molecule has 1 saturated heterocycles. The molecule has 0 aliphatic carbocycles. The summed E-state index contributed by atoms with van der Waals surface area (Å²) in [7, 11) is 0. The Kier molecular flexibility index (Phi) is 6.32. The number of amides is 1. The predicted molar refractivity (Wildman–Crippen MR) is 121 cm³/mol. The van der Waals surface area contributed by atoms with Crippen molar-refractivity contribution in [3.63, 3.8) is 0 Å². The minimum absolute atomic E-state index is 0.0130. The zero-order chi connectivity index (χ0) is 21.8. The molecule has 2 aromatic heterocycles. The number of anilines is 1. The molecule has 8 heteroatoms. The fourth-order valence-electron chi connectivity index (χ4n) is 3.33. The Balaban J connectivity index is 1.34. The maximum Gasteiger partial charge on any atom is 0.246 e. The van der Waals surface area contributed by atoms with Crippen molar-refractivity contribution in [2.24, 2.45) is 0 Å². The van der Waals surface area contributed by atoms with Crippen LogP contribution in [-0.4, -0.2) is 52.1 Å². The van der Waals surface area contributed by atoms with Crippen LogP contribution in [0, 0.1) is 0 Å². The maximum atomic E-state index is 12.5. The maximum absolute atomic E-state index is 12.5. The van der Waals surface area contributed by atoms with E-state index in [1.807, 2.05) is 55.1 Å². The first-order valence-corrected chi connectivity index (χ1v) is 10.7. The van der Waals surface area contributed by atoms with E-state index in [2.05, 4.69) is 20.0 Å². The predicted octanol–water partition coefficient (Wildman–Crippen LogP) is 4.27.